The molecule has 2 heteroatoms. The zero-order chi connectivity index (χ0) is 9.97. The Kier molecular flexibility index (Phi) is 2.73. The zero-order valence-corrected chi connectivity index (χ0v) is 8.74. The summed E-state index contributed by atoms with van der Waals surface area (Å²) in [5.74, 6) is 0. The minimum atomic E-state index is 0.600. The summed E-state index contributed by atoms with van der Waals surface area (Å²) in [7, 11) is 0. The van der Waals surface area contributed by atoms with Gasteiger partial charge in [-0.1, -0.05) is 19.1 Å². The molecule has 0 aromatic heterocycles. The minimum Gasteiger partial charge on any atom is -0.399 e. The number of hydrogen-bond donors (Lipinski definition) is 1. The van der Waals surface area contributed by atoms with Crippen molar-refractivity contribution in [1.29, 1.82) is 0 Å². The summed E-state index contributed by atoms with van der Waals surface area (Å²) in [5, 5.41) is 0. The van der Waals surface area contributed by atoms with Crippen LogP contribution >= 0.6 is 0 Å². The smallest absolute Gasteiger partial charge is 0.0349 e. The summed E-state index contributed by atoms with van der Waals surface area (Å²) in [6.45, 7) is 4.60. The number of hydrogen-bond acceptors (Lipinski definition) is 2. The van der Waals surface area contributed by atoms with Gasteiger partial charge in [0.1, 0.15) is 0 Å². The second-order valence-electron chi connectivity index (χ2n) is 3.96. The molecule has 14 heavy (non-hydrogen) atoms. The molecule has 1 saturated heterocycles. The van der Waals surface area contributed by atoms with Crippen LogP contribution in [0, 0.1) is 0 Å². The van der Waals surface area contributed by atoms with Crippen molar-refractivity contribution in [1.82, 2.24) is 4.90 Å². The van der Waals surface area contributed by atoms with Gasteiger partial charge in [-0.05, 0) is 43.6 Å². The maximum atomic E-state index is 5.79. The number of anilines is 1. The first-order valence-corrected chi connectivity index (χ1v) is 5.40. The molecule has 1 aromatic rings. The molecule has 2 rings (SSSR count). The molecule has 1 aliphatic heterocycles. The quantitative estimate of drug-likeness (QED) is 0.726. The Hall–Kier alpha value is -1.02. The molecule has 1 unspecified atom stereocenters. The molecule has 0 spiro atoms. The van der Waals surface area contributed by atoms with Gasteiger partial charge in [-0.25, -0.2) is 0 Å². The van der Waals surface area contributed by atoms with Crippen molar-refractivity contribution >= 4 is 5.69 Å². The molecule has 0 aliphatic carbocycles. The topological polar surface area (TPSA) is 29.3 Å². The lowest BCUT2D eigenvalue weighted by molar-refractivity contribution is 0.271. The molecular weight excluding hydrogens is 172 g/mol. The zero-order valence-electron chi connectivity index (χ0n) is 8.74. The summed E-state index contributed by atoms with van der Waals surface area (Å²) in [5.41, 5.74) is 8.05. The third-order valence-electron chi connectivity index (χ3n) is 3.07. The van der Waals surface area contributed by atoms with E-state index in [9.17, 15) is 0 Å². The van der Waals surface area contributed by atoms with Crippen molar-refractivity contribution in [2.75, 3.05) is 18.8 Å². The molecule has 1 aliphatic rings. The molecule has 1 aromatic carbocycles. The summed E-state index contributed by atoms with van der Waals surface area (Å²) >= 11 is 0. The first-order valence-electron chi connectivity index (χ1n) is 5.40. The van der Waals surface area contributed by atoms with Crippen LogP contribution in [-0.2, 0) is 0 Å². The summed E-state index contributed by atoms with van der Waals surface area (Å²) in [6, 6.07) is 8.91. The lowest BCUT2D eigenvalue weighted by Gasteiger charge is -2.23. The highest BCUT2D eigenvalue weighted by atomic mass is 15.2. The average molecular weight is 190 g/mol. The maximum absolute atomic E-state index is 5.79. The Balaban J connectivity index is 2.21. The SMILES string of the molecule is CCN1CCCC1c1cccc(N)c1. The van der Waals surface area contributed by atoms with Gasteiger partial charge in [0, 0.05) is 11.7 Å². The number of benzene rings is 1. The molecule has 0 radical (unpaired) electrons. The summed E-state index contributed by atoms with van der Waals surface area (Å²) in [4.78, 5) is 2.52. The Bertz CT molecular complexity index is 309. The van der Waals surface area contributed by atoms with E-state index in [4.69, 9.17) is 5.73 Å². The van der Waals surface area contributed by atoms with Gasteiger partial charge in [-0.2, -0.15) is 0 Å². The van der Waals surface area contributed by atoms with E-state index in [1.54, 1.807) is 0 Å². The number of rotatable bonds is 2. The van der Waals surface area contributed by atoms with Crippen molar-refractivity contribution in [3.63, 3.8) is 0 Å². The van der Waals surface area contributed by atoms with E-state index >= 15 is 0 Å². The molecule has 1 heterocycles. The van der Waals surface area contributed by atoms with Crippen molar-refractivity contribution in [3.05, 3.63) is 29.8 Å². The van der Waals surface area contributed by atoms with Gasteiger partial charge in [0.25, 0.3) is 0 Å². The Morgan fingerprint density at radius 1 is 1.50 bits per heavy atom. The fourth-order valence-corrected chi connectivity index (χ4v) is 2.35. The van der Waals surface area contributed by atoms with Crippen LogP contribution in [0.2, 0.25) is 0 Å². The number of nitrogen functional groups attached to an aromatic ring is 1. The number of likely N-dealkylation sites (tertiary alicyclic amines) is 1. The van der Waals surface area contributed by atoms with Crippen LogP contribution in [0.1, 0.15) is 31.4 Å². The highest BCUT2D eigenvalue weighted by molar-refractivity contribution is 5.41. The molecule has 1 fully saturated rings. The Morgan fingerprint density at radius 2 is 2.36 bits per heavy atom. The van der Waals surface area contributed by atoms with E-state index in [0.29, 0.717) is 6.04 Å². The van der Waals surface area contributed by atoms with Gasteiger partial charge >= 0.3 is 0 Å². The van der Waals surface area contributed by atoms with Gasteiger partial charge in [0.2, 0.25) is 0 Å². The van der Waals surface area contributed by atoms with Crippen LogP contribution in [-0.4, -0.2) is 18.0 Å². The van der Waals surface area contributed by atoms with Gasteiger partial charge in [0.15, 0.2) is 0 Å². The van der Waals surface area contributed by atoms with Crippen LogP contribution in [0.5, 0.6) is 0 Å². The molecule has 1 atom stereocenters. The second-order valence-corrected chi connectivity index (χ2v) is 3.96. The van der Waals surface area contributed by atoms with Crippen molar-refractivity contribution in [3.8, 4) is 0 Å². The highest BCUT2D eigenvalue weighted by Crippen LogP contribution is 2.31. The molecular formula is C12H18N2. The monoisotopic (exact) mass is 190 g/mol. The third-order valence-corrected chi connectivity index (χ3v) is 3.07. The maximum Gasteiger partial charge on any atom is 0.0349 e. The van der Waals surface area contributed by atoms with E-state index in [0.717, 1.165) is 12.2 Å². The van der Waals surface area contributed by atoms with Gasteiger partial charge in [-0.3, -0.25) is 4.90 Å². The fraction of sp³-hybridized carbons (Fsp3) is 0.500. The van der Waals surface area contributed by atoms with Gasteiger partial charge < -0.3 is 5.73 Å². The molecule has 0 saturated carbocycles. The predicted octanol–water partition coefficient (Wildman–Crippen LogP) is 2.43. The van der Waals surface area contributed by atoms with Crippen molar-refractivity contribution in [2.24, 2.45) is 0 Å². The van der Waals surface area contributed by atoms with E-state index in [-0.39, 0.29) is 0 Å². The third kappa shape index (κ3) is 1.75. The van der Waals surface area contributed by atoms with Crippen LogP contribution in [0.15, 0.2) is 24.3 Å². The van der Waals surface area contributed by atoms with Crippen LogP contribution in [0.4, 0.5) is 5.69 Å². The van der Waals surface area contributed by atoms with Crippen molar-refractivity contribution in [2.45, 2.75) is 25.8 Å². The normalized spacial score (nSPS) is 22.8. The first-order chi connectivity index (χ1) is 6.81. The lowest BCUT2D eigenvalue weighted by atomic mass is 10.0. The van der Waals surface area contributed by atoms with E-state index < -0.39 is 0 Å². The lowest BCUT2D eigenvalue weighted by Crippen LogP contribution is -2.22. The standard InChI is InChI=1S/C12H18N2/c1-2-14-8-4-7-12(14)10-5-3-6-11(13)9-10/h3,5-6,9,12H,2,4,7-8,13H2,1H3. The second kappa shape index (κ2) is 4.01. The molecule has 76 valence electrons. The van der Waals surface area contributed by atoms with E-state index in [1.807, 2.05) is 6.07 Å². The number of nitrogens with zero attached hydrogens (tertiary/aromatic N) is 1. The first kappa shape index (κ1) is 9.53. The minimum absolute atomic E-state index is 0.600. The van der Waals surface area contributed by atoms with Crippen LogP contribution < -0.4 is 5.73 Å². The van der Waals surface area contributed by atoms with E-state index in [2.05, 4.69) is 30.0 Å². The fourth-order valence-electron chi connectivity index (χ4n) is 2.35. The molecule has 2 nitrogen and oxygen atoms in total. The van der Waals surface area contributed by atoms with E-state index in [1.165, 1.54) is 24.9 Å². The Labute approximate surface area is 85.7 Å². The largest absolute Gasteiger partial charge is 0.399 e. The predicted molar refractivity (Wildman–Crippen MR) is 60.1 cm³/mol. The van der Waals surface area contributed by atoms with Crippen LogP contribution in [0.3, 0.4) is 0 Å². The number of nitrogens with two attached hydrogens (primary N) is 1. The molecule has 0 bridgehead atoms. The molecule has 0 amide bonds. The Morgan fingerprint density at radius 3 is 3.07 bits per heavy atom. The summed E-state index contributed by atoms with van der Waals surface area (Å²) in [6.07, 6.45) is 2.59. The molecule has 2 N–H and O–H groups in total. The summed E-state index contributed by atoms with van der Waals surface area (Å²) < 4.78 is 0. The van der Waals surface area contributed by atoms with Crippen LogP contribution in [0.25, 0.3) is 0 Å². The van der Waals surface area contributed by atoms with Crippen molar-refractivity contribution < 1.29 is 0 Å². The average Bonchev–Trinajstić information content (AvgIpc) is 2.65. The van der Waals surface area contributed by atoms with Gasteiger partial charge in [-0.15, -0.1) is 0 Å². The van der Waals surface area contributed by atoms with Gasteiger partial charge in [0.05, 0.1) is 0 Å². The highest BCUT2D eigenvalue weighted by Gasteiger charge is 2.24.